The van der Waals surface area contributed by atoms with Crippen molar-refractivity contribution < 1.29 is 4.42 Å². The van der Waals surface area contributed by atoms with Crippen LogP contribution in [0.15, 0.2) is 194 Å². The molecule has 0 saturated carbocycles. The number of furan rings is 1. The van der Waals surface area contributed by atoms with Crippen molar-refractivity contribution in [1.82, 2.24) is 0 Å². The van der Waals surface area contributed by atoms with Gasteiger partial charge in [0.1, 0.15) is 11.2 Å². The van der Waals surface area contributed by atoms with E-state index in [0.29, 0.717) is 0 Å². The topological polar surface area (TPSA) is 13.1 Å². The first-order valence-electron chi connectivity index (χ1n) is 20.0. The van der Waals surface area contributed by atoms with E-state index in [4.69, 9.17) is 11.0 Å². The lowest BCUT2D eigenvalue weighted by atomic mass is 9.87. The molecule has 0 aliphatic heterocycles. The van der Waals surface area contributed by atoms with Crippen LogP contribution in [0.4, 0.5) is 0 Å². The lowest BCUT2D eigenvalue weighted by Crippen LogP contribution is -2.29. The summed E-state index contributed by atoms with van der Waals surface area (Å²) in [5.74, 6) is 0. The zero-order valence-electron chi connectivity index (χ0n) is 32.0. The number of allylic oxidation sites excluding steroid dienone is 5. The van der Waals surface area contributed by atoms with E-state index in [0.717, 1.165) is 67.7 Å². The third-order valence-electron chi connectivity index (χ3n) is 11.9. The molecule has 2 heteroatoms. The second-order valence-corrected chi connectivity index (χ2v) is 16.1. The van der Waals surface area contributed by atoms with Gasteiger partial charge in [-0.1, -0.05) is 171 Å². The van der Waals surface area contributed by atoms with Gasteiger partial charge < -0.3 is 4.42 Å². The van der Waals surface area contributed by atoms with Gasteiger partial charge in [-0.05, 0) is 103 Å². The summed E-state index contributed by atoms with van der Waals surface area (Å²) in [6.45, 7) is 8.81. The summed E-state index contributed by atoms with van der Waals surface area (Å²) in [5.41, 5.74) is 11.0. The summed E-state index contributed by atoms with van der Waals surface area (Å²) in [6.07, 6.45) is 13.0. The molecule has 0 amide bonds. The molecular weight excluding hydrogens is 721 g/mol. The maximum atomic E-state index is 6.70. The van der Waals surface area contributed by atoms with E-state index in [2.05, 4.69) is 183 Å². The average molecular weight is 759 g/mol. The van der Waals surface area contributed by atoms with Crippen LogP contribution in [-0.4, -0.2) is 0 Å². The number of hydrogen-bond donors (Lipinski definition) is 0. The highest BCUT2D eigenvalue weighted by Crippen LogP contribution is 2.48. The molecule has 0 saturated heterocycles. The van der Waals surface area contributed by atoms with E-state index < -0.39 is 0 Å². The lowest BCUT2D eigenvalue weighted by molar-refractivity contribution is 0.672. The fourth-order valence-electron chi connectivity index (χ4n) is 9.17. The zero-order chi connectivity index (χ0) is 38.7. The van der Waals surface area contributed by atoms with Crippen molar-refractivity contribution >= 4 is 97.8 Å². The van der Waals surface area contributed by atoms with E-state index in [1.165, 1.54) is 63.8 Å². The number of hydrogen-bond acceptors (Lipinski definition) is 2. The predicted molar refractivity (Wildman–Crippen MR) is 252 cm³/mol. The molecule has 0 unspecified atom stereocenters. The van der Waals surface area contributed by atoms with Crippen molar-refractivity contribution in [3.63, 3.8) is 0 Å². The van der Waals surface area contributed by atoms with Gasteiger partial charge in [-0.3, -0.25) is 0 Å². The van der Waals surface area contributed by atoms with Gasteiger partial charge in [-0.15, -0.1) is 11.3 Å². The first-order chi connectivity index (χ1) is 28.7. The quantitative estimate of drug-likeness (QED) is 0.170. The van der Waals surface area contributed by atoms with Gasteiger partial charge in [-0.2, -0.15) is 0 Å². The maximum absolute atomic E-state index is 6.70. The Balaban J connectivity index is 1.22. The third-order valence-corrected chi connectivity index (χ3v) is 13.1. The Kier molecular flexibility index (Phi) is 8.20. The molecule has 1 aliphatic rings. The van der Waals surface area contributed by atoms with Gasteiger partial charge in [0.2, 0.25) is 0 Å². The molecule has 8 aromatic carbocycles. The minimum Gasteiger partial charge on any atom is -0.455 e. The summed E-state index contributed by atoms with van der Waals surface area (Å²) in [6, 6.07) is 55.0. The van der Waals surface area contributed by atoms with Crippen molar-refractivity contribution in [2.75, 3.05) is 0 Å². The van der Waals surface area contributed by atoms with Crippen molar-refractivity contribution in [3.8, 4) is 11.1 Å². The molecule has 0 fully saturated rings. The van der Waals surface area contributed by atoms with Gasteiger partial charge >= 0.3 is 0 Å². The van der Waals surface area contributed by atoms with Gasteiger partial charge in [0.05, 0.1) is 0 Å². The summed E-state index contributed by atoms with van der Waals surface area (Å²) >= 11 is 1.88. The summed E-state index contributed by atoms with van der Waals surface area (Å²) in [4.78, 5) is 0. The second-order valence-electron chi connectivity index (χ2n) is 15.1. The molecule has 0 radical (unpaired) electrons. The molecule has 2 heterocycles. The Morgan fingerprint density at radius 3 is 2.05 bits per heavy atom. The van der Waals surface area contributed by atoms with Crippen LogP contribution in [-0.2, 0) is 0 Å². The number of benzene rings is 8. The summed E-state index contributed by atoms with van der Waals surface area (Å²) < 4.78 is 9.28. The van der Waals surface area contributed by atoms with Crippen LogP contribution in [0.25, 0.3) is 97.6 Å². The molecule has 0 N–H and O–H groups in total. The Labute approximate surface area is 340 Å². The molecule has 1 nitrogen and oxygen atoms in total. The fraction of sp³-hybridized carbons (Fsp3) is 0.0357. The van der Waals surface area contributed by atoms with Crippen molar-refractivity contribution in [1.29, 1.82) is 0 Å². The molecule has 274 valence electrons. The standard InChI is InChI=1S/C56H38OS/c1-3-36-18-8-9-19-37(36)35(2)38-20-6-4-5-7-21-41(40-23-11-10-22-39(38)40)44-30-31-45(43-25-13-12-24-42(43)44)51-34-50-47(54-49-27-15-17-29-53(49)58-56(51)54)32-33-48-46-26-14-16-28-52(46)57-55(48)50/h3,6-34H,1-2,4-5H2/b20-6?,21-7+,39-38?,41-40+. The maximum Gasteiger partial charge on any atom is 0.143 e. The number of fused-ring (bicyclic) bond motifs is 11. The van der Waals surface area contributed by atoms with E-state index in [-0.39, 0.29) is 0 Å². The predicted octanol–water partition coefficient (Wildman–Crippen LogP) is 14.5. The molecule has 0 atom stereocenters. The van der Waals surface area contributed by atoms with Gasteiger partial charge in [0.15, 0.2) is 0 Å². The van der Waals surface area contributed by atoms with Crippen LogP contribution in [0.5, 0.6) is 0 Å². The molecule has 0 spiro atoms. The van der Waals surface area contributed by atoms with Gasteiger partial charge in [-0.25, -0.2) is 0 Å². The summed E-state index contributed by atoms with van der Waals surface area (Å²) in [5, 5.41) is 12.0. The van der Waals surface area contributed by atoms with Gasteiger partial charge in [0.25, 0.3) is 0 Å². The monoisotopic (exact) mass is 758 g/mol. The van der Waals surface area contributed by atoms with Crippen LogP contribution in [0.3, 0.4) is 0 Å². The number of para-hydroxylation sites is 1. The molecule has 11 rings (SSSR count). The molecule has 0 bridgehead atoms. The largest absolute Gasteiger partial charge is 0.455 e. The van der Waals surface area contributed by atoms with E-state index in [1.807, 2.05) is 17.4 Å². The summed E-state index contributed by atoms with van der Waals surface area (Å²) in [7, 11) is 0. The highest BCUT2D eigenvalue weighted by atomic mass is 32.1. The molecule has 1 aliphatic carbocycles. The fourth-order valence-corrected chi connectivity index (χ4v) is 10.4. The van der Waals surface area contributed by atoms with Crippen molar-refractivity contribution in [2.45, 2.75) is 12.8 Å². The highest BCUT2D eigenvalue weighted by Gasteiger charge is 2.21. The Morgan fingerprint density at radius 1 is 0.552 bits per heavy atom. The minimum atomic E-state index is 0.914. The third kappa shape index (κ3) is 5.37. The van der Waals surface area contributed by atoms with Crippen LogP contribution >= 0.6 is 11.3 Å². The number of rotatable bonds is 5. The normalized spacial score (nSPS) is 14.8. The van der Waals surface area contributed by atoms with Gasteiger partial charge in [0, 0.05) is 41.9 Å². The Morgan fingerprint density at radius 2 is 1.21 bits per heavy atom. The van der Waals surface area contributed by atoms with E-state index in [1.54, 1.807) is 0 Å². The Bertz CT molecular complexity index is 3550. The second kappa shape index (κ2) is 13.9. The van der Waals surface area contributed by atoms with Crippen LogP contribution in [0.1, 0.15) is 29.5 Å². The first kappa shape index (κ1) is 34.3. The smallest absolute Gasteiger partial charge is 0.143 e. The molecule has 58 heavy (non-hydrogen) atoms. The highest BCUT2D eigenvalue weighted by molar-refractivity contribution is 7.26. The SMILES string of the molecule is C=Cc1ccccc1C(=C)C1=c2cccc/c2=C(c2ccc(-c3cc4c(ccc5c6ccccc6oc54)c4c3sc3ccccc34)c3ccccc23)/C=C/CCC=C1. The Hall–Kier alpha value is -7.00. The first-order valence-corrected chi connectivity index (χ1v) is 20.8. The average Bonchev–Trinajstić information content (AvgIpc) is 3.87. The van der Waals surface area contributed by atoms with E-state index in [9.17, 15) is 0 Å². The van der Waals surface area contributed by atoms with E-state index >= 15 is 0 Å². The minimum absolute atomic E-state index is 0.914. The molecular formula is C56H38OS. The van der Waals surface area contributed by atoms with Crippen LogP contribution < -0.4 is 10.4 Å². The lowest BCUT2D eigenvalue weighted by Gasteiger charge is -2.16. The molecule has 10 aromatic rings. The van der Waals surface area contributed by atoms with Crippen LogP contribution in [0.2, 0.25) is 0 Å². The van der Waals surface area contributed by atoms with Crippen molar-refractivity contribution in [2.24, 2.45) is 0 Å². The zero-order valence-corrected chi connectivity index (χ0v) is 32.8. The van der Waals surface area contributed by atoms with Crippen LogP contribution in [0, 0.1) is 0 Å². The van der Waals surface area contributed by atoms with Crippen molar-refractivity contribution in [3.05, 3.63) is 216 Å². The number of thiophene rings is 1. The molecule has 2 aromatic heterocycles.